The van der Waals surface area contributed by atoms with Gasteiger partial charge in [-0.3, -0.25) is 0 Å². The van der Waals surface area contributed by atoms with Crippen molar-refractivity contribution in [2.24, 2.45) is 0 Å². The Bertz CT molecular complexity index is 808. The van der Waals surface area contributed by atoms with Crippen LogP contribution in [0.15, 0.2) is 30.5 Å². The van der Waals surface area contributed by atoms with E-state index in [0.29, 0.717) is 10.0 Å². The Kier molecular flexibility index (Phi) is 9.24. The number of carboxylic acid groups (broad SMARTS) is 2. The minimum Gasteiger partial charge on any atom is -0.473 e. The van der Waals surface area contributed by atoms with Gasteiger partial charge < -0.3 is 20.4 Å². The number of carbonyl (C=O) groups is 2. The molecule has 158 valence electrons. The van der Waals surface area contributed by atoms with Crippen LogP contribution >= 0.6 is 23.2 Å². The molecule has 3 rings (SSSR count). The zero-order chi connectivity index (χ0) is 21.2. The van der Waals surface area contributed by atoms with E-state index in [-0.39, 0.29) is 0 Å². The molecule has 1 aromatic carbocycles. The molecule has 2 heterocycles. The number of carboxylic acids is 2. The van der Waals surface area contributed by atoms with E-state index in [4.69, 9.17) is 43.0 Å². The molecule has 0 aliphatic carbocycles. The van der Waals surface area contributed by atoms with Crippen molar-refractivity contribution in [3.05, 3.63) is 40.5 Å². The van der Waals surface area contributed by atoms with Crippen LogP contribution in [-0.4, -0.2) is 63.0 Å². The van der Waals surface area contributed by atoms with Crippen LogP contribution < -0.4 is 5.32 Å². The van der Waals surface area contributed by atoms with Crippen LogP contribution in [0.3, 0.4) is 0 Å². The topological polar surface area (TPSA) is 108 Å². The Labute approximate surface area is 179 Å². The average Bonchev–Trinajstić information content (AvgIpc) is 3.00. The van der Waals surface area contributed by atoms with Crippen molar-refractivity contribution in [2.75, 3.05) is 31.5 Å². The molecule has 0 atom stereocenters. The number of aromatic nitrogens is 2. The summed E-state index contributed by atoms with van der Waals surface area (Å²) in [6, 6.07) is 7.48. The van der Waals surface area contributed by atoms with Crippen molar-refractivity contribution in [1.29, 1.82) is 0 Å². The minimum atomic E-state index is -1.82. The lowest BCUT2D eigenvalue weighted by atomic mass is 10.2. The molecule has 10 heteroatoms. The fourth-order valence-electron chi connectivity index (χ4n) is 2.89. The van der Waals surface area contributed by atoms with Gasteiger partial charge >= 0.3 is 11.9 Å². The zero-order valence-corrected chi connectivity index (χ0v) is 17.4. The summed E-state index contributed by atoms with van der Waals surface area (Å²) in [6.07, 6.45) is 7.32. The second-order valence-corrected chi connectivity index (χ2v) is 7.35. The molecule has 0 amide bonds. The Morgan fingerprint density at radius 2 is 1.66 bits per heavy atom. The Hall–Kier alpha value is -2.29. The molecule has 0 unspecified atom stereocenters. The van der Waals surface area contributed by atoms with E-state index in [1.54, 1.807) is 10.7 Å². The van der Waals surface area contributed by atoms with Gasteiger partial charge in [0.05, 0.1) is 15.7 Å². The molecule has 1 aliphatic heterocycles. The predicted molar refractivity (Wildman–Crippen MR) is 112 cm³/mol. The van der Waals surface area contributed by atoms with E-state index in [0.717, 1.165) is 24.6 Å². The first kappa shape index (κ1) is 23.0. The van der Waals surface area contributed by atoms with Crippen molar-refractivity contribution in [1.82, 2.24) is 14.7 Å². The van der Waals surface area contributed by atoms with E-state index in [2.05, 4.69) is 15.3 Å². The van der Waals surface area contributed by atoms with E-state index in [9.17, 15) is 0 Å². The summed E-state index contributed by atoms with van der Waals surface area (Å²) in [4.78, 5) is 20.7. The first-order chi connectivity index (χ1) is 13.9. The van der Waals surface area contributed by atoms with Gasteiger partial charge in [-0.05, 0) is 44.1 Å². The molecule has 0 radical (unpaired) electrons. The van der Waals surface area contributed by atoms with E-state index >= 15 is 0 Å². The number of aliphatic carboxylic acids is 2. The molecule has 0 bridgehead atoms. The molecule has 0 saturated carbocycles. The number of halogens is 2. The SMILES string of the molecule is Clc1ccc(-n2ccc(NCCN3CCCCCC3)n2)cc1Cl.O=C(O)C(=O)O. The van der Waals surface area contributed by atoms with Gasteiger partial charge in [0.1, 0.15) is 5.82 Å². The monoisotopic (exact) mass is 442 g/mol. The number of hydrogen-bond donors (Lipinski definition) is 3. The molecule has 29 heavy (non-hydrogen) atoms. The number of nitrogens with zero attached hydrogens (tertiary/aromatic N) is 3. The summed E-state index contributed by atoms with van der Waals surface area (Å²) in [5.74, 6) is -2.77. The van der Waals surface area contributed by atoms with Gasteiger partial charge in [0.15, 0.2) is 0 Å². The molecule has 3 N–H and O–H groups in total. The van der Waals surface area contributed by atoms with Crippen LogP contribution in [-0.2, 0) is 9.59 Å². The number of nitrogens with one attached hydrogen (secondary N) is 1. The Morgan fingerprint density at radius 1 is 1.00 bits per heavy atom. The van der Waals surface area contributed by atoms with Crippen LogP contribution in [0.2, 0.25) is 10.0 Å². The molecule has 0 spiro atoms. The second kappa shape index (κ2) is 11.6. The minimum absolute atomic E-state index is 0.537. The maximum absolute atomic E-state index is 9.10. The molecular formula is C19H24Cl2N4O4. The lowest BCUT2D eigenvalue weighted by molar-refractivity contribution is -0.159. The summed E-state index contributed by atoms with van der Waals surface area (Å²) < 4.78 is 1.80. The third-order valence-electron chi connectivity index (χ3n) is 4.37. The summed E-state index contributed by atoms with van der Waals surface area (Å²) in [5, 5.41) is 23.8. The lowest BCUT2D eigenvalue weighted by Crippen LogP contribution is -2.30. The first-order valence-corrected chi connectivity index (χ1v) is 10.1. The van der Waals surface area contributed by atoms with Crippen molar-refractivity contribution in [3.63, 3.8) is 0 Å². The molecular weight excluding hydrogens is 419 g/mol. The second-order valence-electron chi connectivity index (χ2n) is 6.54. The fourth-order valence-corrected chi connectivity index (χ4v) is 3.18. The van der Waals surface area contributed by atoms with Gasteiger partial charge in [-0.15, -0.1) is 0 Å². The number of anilines is 1. The van der Waals surface area contributed by atoms with E-state index in [1.807, 2.05) is 24.4 Å². The summed E-state index contributed by atoms with van der Waals surface area (Å²) in [7, 11) is 0. The first-order valence-electron chi connectivity index (χ1n) is 9.30. The van der Waals surface area contributed by atoms with Gasteiger partial charge in [-0.25, -0.2) is 14.3 Å². The third kappa shape index (κ3) is 7.92. The van der Waals surface area contributed by atoms with Crippen molar-refractivity contribution in [3.8, 4) is 5.69 Å². The molecule has 1 aliphatic rings. The molecule has 1 aromatic heterocycles. The number of benzene rings is 1. The largest absolute Gasteiger partial charge is 0.473 e. The van der Waals surface area contributed by atoms with E-state index < -0.39 is 11.9 Å². The van der Waals surface area contributed by atoms with Crippen LogP contribution in [0.4, 0.5) is 5.82 Å². The number of rotatable bonds is 5. The van der Waals surface area contributed by atoms with Crippen LogP contribution in [0.1, 0.15) is 25.7 Å². The maximum atomic E-state index is 9.10. The predicted octanol–water partition coefficient (Wildman–Crippen LogP) is 3.62. The molecule has 8 nitrogen and oxygen atoms in total. The lowest BCUT2D eigenvalue weighted by Gasteiger charge is -2.19. The Balaban J connectivity index is 0.000000438. The summed E-state index contributed by atoms with van der Waals surface area (Å²) in [5.41, 5.74) is 0.903. The highest BCUT2D eigenvalue weighted by molar-refractivity contribution is 6.42. The normalized spacial score (nSPS) is 14.4. The smallest absolute Gasteiger partial charge is 0.414 e. The van der Waals surface area contributed by atoms with Crippen molar-refractivity contribution in [2.45, 2.75) is 25.7 Å². The maximum Gasteiger partial charge on any atom is 0.414 e. The van der Waals surface area contributed by atoms with Crippen molar-refractivity contribution >= 4 is 41.0 Å². The summed E-state index contributed by atoms with van der Waals surface area (Å²) >= 11 is 12.0. The highest BCUT2D eigenvalue weighted by atomic mass is 35.5. The Morgan fingerprint density at radius 3 is 2.24 bits per heavy atom. The van der Waals surface area contributed by atoms with Gasteiger partial charge in [0.25, 0.3) is 0 Å². The highest BCUT2D eigenvalue weighted by Gasteiger charge is 2.09. The molecule has 2 aromatic rings. The average molecular weight is 443 g/mol. The van der Waals surface area contributed by atoms with Gasteiger partial charge in [-0.1, -0.05) is 36.0 Å². The number of likely N-dealkylation sites (tertiary alicyclic amines) is 1. The number of hydrogen-bond acceptors (Lipinski definition) is 5. The van der Waals surface area contributed by atoms with Crippen LogP contribution in [0.25, 0.3) is 5.69 Å². The zero-order valence-electron chi connectivity index (χ0n) is 15.9. The van der Waals surface area contributed by atoms with E-state index in [1.165, 1.54) is 38.8 Å². The highest BCUT2D eigenvalue weighted by Crippen LogP contribution is 2.24. The van der Waals surface area contributed by atoms with Crippen LogP contribution in [0, 0.1) is 0 Å². The fraction of sp³-hybridized carbons (Fsp3) is 0.421. The standard InChI is InChI=1S/C17H22Cl2N4.C2H2O4/c18-15-6-5-14(13-16(15)19)23-11-7-17(21-23)20-8-12-22-9-3-1-2-4-10-22;3-1(4)2(5)6/h5-7,11,13H,1-4,8-10,12H2,(H,20,21);(H,3,4)(H,5,6). The van der Waals surface area contributed by atoms with Gasteiger partial charge in [0, 0.05) is 25.4 Å². The van der Waals surface area contributed by atoms with Gasteiger partial charge in [0.2, 0.25) is 0 Å². The quantitative estimate of drug-likeness (QED) is 0.606. The summed E-state index contributed by atoms with van der Waals surface area (Å²) in [6.45, 7) is 4.43. The third-order valence-corrected chi connectivity index (χ3v) is 5.11. The van der Waals surface area contributed by atoms with Crippen LogP contribution in [0.5, 0.6) is 0 Å². The van der Waals surface area contributed by atoms with Gasteiger partial charge in [-0.2, -0.15) is 5.10 Å². The molecule has 1 saturated heterocycles. The van der Waals surface area contributed by atoms with Crippen molar-refractivity contribution < 1.29 is 19.8 Å². The molecule has 1 fully saturated rings.